The fourth-order valence-electron chi connectivity index (χ4n) is 3.51. The molecule has 2 fully saturated rings. The summed E-state index contributed by atoms with van der Waals surface area (Å²) in [5.41, 5.74) is -0.421. The van der Waals surface area contributed by atoms with Gasteiger partial charge in [-0.3, -0.25) is 0 Å². The molecule has 22 heavy (non-hydrogen) atoms. The largest absolute Gasteiger partial charge is 0.444 e. The molecule has 0 spiro atoms. The maximum absolute atomic E-state index is 11.8. The van der Waals surface area contributed by atoms with E-state index >= 15 is 0 Å². The van der Waals surface area contributed by atoms with Gasteiger partial charge < -0.3 is 20.3 Å². The monoisotopic (exact) mass is 311 g/mol. The summed E-state index contributed by atoms with van der Waals surface area (Å²) in [5.74, 6) is 0. The number of likely N-dealkylation sites (N-methyl/N-ethyl adjacent to an activating group) is 1. The number of hydrogen-bond acceptors (Lipinski definition) is 4. The van der Waals surface area contributed by atoms with Gasteiger partial charge in [-0.05, 0) is 72.9 Å². The van der Waals surface area contributed by atoms with Gasteiger partial charge in [0.2, 0.25) is 0 Å². The van der Waals surface area contributed by atoms with Crippen molar-refractivity contribution in [2.24, 2.45) is 0 Å². The van der Waals surface area contributed by atoms with Gasteiger partial charge in [-0.2, -0.15) is 0 Å². The molecule has 0 aromatic heterocycles. The van der Waals surface area contributed by atoms with Crippen molar-refractivity contribution < 1.29 is 9.53 Å². The van der Waals surface area contributed by atoms with Crippen molar-refractivity contribution in [3.63, 3.8) is 0 Å². The Balaban J connectivity index is 1.66. The Morgan fingerprint density at radius 1 is 1.05 bits per heavy atom. The lowest BCUT2D eigenvalue weighted by Gasteiger charge is -2.36. The van der Waals surface area contributed by atoms with Gasteiger partial charge in [0, 0.05) is 24.7 Å². The van der Waals surface area contributed by atoms with E-state index in [1.54, 1.807) is 0 Å². The number of carbonyl (C=O) groups is 1. The van der Waals surface area contributed by atoms with Crippen molar-refractivity contribution in [3.8, 4) is 0 Å². The van der Waals surface area contributed by atoms with Crippen LogP contribution in [-0.4, -0.2) is 54.9 Å². The minimum Gasteiger partial charge on any atom is -0.444 e. The first kappa shape index (κ1) is 17.5. The molecule has 1 aliphatic heterocycles. The number of ether oxygens (including phenoxy) is 1. The zero-order chi connectivity index (χ0) is 16.2. The number of rotatable bonds is 3. The Hall–Kier alpha value is -0.810. The summed E-state index contributed by atoms with van der Waals surface area (Å²) in [6.45, 7) is 8.08. The van der Waals surface area contributed by atoms with Gasteiger partial charge in [-0.15, -0.1) is 0 Å². The van der Waals surface area contributed by atoms with Crippen LogP contribution in [0.3, 0.4) is 0 Å². The van der Waals surface area contributed by atoms with Crippen LogP contribution in [0.5, 0.6) is 0 Å². The number of nitrogens with one attached hydrogen (secondary N) is 2. The molecule has 0 aromatic carbocycles. The second-order valence-corrected chi connectivity index (χ2v) is 7.96. The molecule has 0 bridgehead atoms. The van der Waals surface area contributed by atoms with E-state index in [9.17, 15) is 4.79 Å². The highest BCUT2D eigenvalue weighted by molar-refractivity contribution is 5.68. The maximum Gasteiger partial charge on any atom is 0.407 e. The summed E-state index contributed by atoms with van der Waals surface area (Å²) in [5, 5.41) is 6.82. The average Bonchev–Trinajstić information content (AvgIpc) is 2.39. The van der Waals surface area contributed by atoms with E-state index in [4.69, 9.17) is 4.74 Å². The second kappa shape index (κ2) is 7.64. The molecule has 128 valence electrons. The first-order valence-electron chi connectivity index (χ1n) is 8.76. The van der Waals surface area contributed by atoms with E-state index in [1.165, 1.54) is 19.4 Å². The molecule has 0 radical (unpaired) electrons. The molecule has 2 rings (SSSR count). The van der Waals surface area contributed by atoms with Gasteiger partial charge in [-0.25, -0.2) is 4.79 Å². The van der Waals surface area contributed by atoms with E-state index in [0.29, 0.717) is 12.1 Å². The number of nitrogens with zero attached hydrogens (tertiary/aromatic N) is 1. The van der Waals surface area contributed by atoms with Crippen LogP contribution in [0, 0.1) is 0 Å². The van der Waals surface area contributed by atoms with Crippen LogP contribution < -0.4 is 10.6 Å². The molecular weight excluding hydrogens is 278 g/mol. The van der Waals surface area contributed by atoms with Gasteiger partial charge in [0.25, 0.3) is 0 Å². The lowest BCUT2D eigenvalue weighted by Crippen LogP contribution is -2.50. The normalized spacial score (nSPS) is 30.8. The molecule has 2 aliphatic rings. The van der Waals surface area contributed by atoms with E-state index in [-0.39, 0.29) is 12.1 Å². The summed E-state index contributed by atoms with van der Waals surface area (Å²) < 4.78 is 5.33. The number of amides is 1. The van der Waals surface area contributed by atoms with Gasteiger partial charge in [0.05, 0.1) is 0 Å². The van der Waals surface area contributed by atoms with Crippen LogP contribution in [0.4, 0.5) is 4.79 Å². The predicted molar refractivity (Wildman–Crippen MR) is 89.1 cm³/mol. The average molecular weight is 311 g/mol. The smallest absolute Gasteiger partial charge is 0.407 e. The maximum atomic E-state index is 11.8. The molecule has 2 N–H and O–H groups in total. The van der Waals surface area contributed by atoms with Crippen LogP contribution in [0.15, 0.2) is 0 Å². The lowest BCUT2D eigenvalue weighted by atomic mass is 9.90. The minimum atomic E-state index is -0.421. The summed E-state index contributed by atoms with van der Waals surface area (Å²) in [4.78, 5) is 14.2. The Labute approximate surface area is 135 Å². The van der Waals surface area contributed by atoms with Gasteiger partial charge in [0.15, 0.2) is 0 Å². The topological polar surface area (TPSA) is 53.6 Å². The second-order valence-electron chi connectivity index (χ2n) is 7.96. The van der Waals surface area contributed by atoms with Crippen LogP contribution in [0.2, 0.25) is 0 Å². The van der Waals surface area contributed by atoms with Gasteiger partial charge >= 0.3 is 6.09 Å². The van der Waals surface area contributed by atoms with Crippen LogP contribution in [0.1, 0.15) is 59.3 Å². The van der Waals surface area contributed by atoms with Crippen LogP contribution in [0.25, 0.3) is 0 Å². The number of hydrogen-bond donors (Lipinski definition) is 2. The van der Waals surface area contributed by atoms with Crippen molar-refractivity contribution in [1.29, 1.82) is 0 Å². The molecule has 1 atom stereocenters. The van der Waals surface area contributed by atoms with Crippen molar-refractivity contribution in [2.75, 3.05) is 20.1 Å². The third-order valence-corrected chi connectivity index (χ3v) is 4.54. The molecule has 1 saturated carbocycles. The molecule has 0 aromatic rings. The fourth-order valence-corrected chi connectivity index (χ4v) is 3.51. The molecule has 5 nitrogen and oxygen atoms in total. The zero-order valence-corrected chi connectivity index (χ0v) is 14.7. The standard InChI is InChI=1S/C17H33N3O2/c1-17(2,3)22-16(21)19-14-9-7-13(8-10-14)18-15-6-5-11-20(4)12-15/h13-15,18H,5-12H2,1-4H3,(H,19,21). The highest BCUT2D eigenvalue weighted by atomic mass is 16.6. The lowest BCUT2D eigenvalue weighted by molar-refractivity contribution is 0.0488. The summed E-state index contributed by atoms with van der Waals surface area (Å²) in [7, 11) is 2.20. The molecule has 1 aliphatic carbocycles. The Kier molecular flexibility index (Phi) is 6.09. The molecule has 5 heteroatoms. The molecule has 1 amide bonds. The van der Waals surface area contributed by atoms with Crippen molar-refractivity contribution in [1.82, 2.24) is 15.5 Å². The SMILES string of the molecule is CN1CCCC(NC2CCC(NC(=O)OC(C)(C)C)CC2)C1. The van der Waals surface area contributed by atoms with Crippen LogP contribution in [-0.2, 0) is 4.74 Å². The zero-order valence-electron chi connectivity index (χ0n) is 14.7. The number of alkyl carbamates (subject to hydrolysis) is 1. The number of piperidine rings is 1. The highest BCUT2D eigenvalue weighted by Crippen LogP contribution is 2.21. The van der Waals surface area contributed by atoms with E-state index in [1.807, 2.05) is 20.8 Å². The highest BCUT2D eigenvalue weighted by Gasteiger charge is 2.27. The molecule has 1 heterocycles. The van der Waals surface area contributed by atoms with Crippen molar-refractivity contribution in [2.45, 2.75) is 83.0 Å². The summed E-state index contributed by atoms with van der Waals surface area (Å²) in [6, 6.07) is 1.51. The summed E-state index contributed by atoms with van der Waals surface area (Å²) >= 11 is 0. The fraction of sp³-hybridized carbons (Fsp3) is 0.941. The van der Waals surface area contributed by atoms with E-state index < -0.39 is 5.60 Å². The minimum absolute atomic E-state index is 0.266. The van der Waals surface area contributed by atoms with Gasteiger partial charge in [-0.1, -0.05) is 0 Å². The predicted octanol–water partition coefficient (Wildman–Crippen LogP) is 2.51. The number of likely N-dealkylation sites (tertiary alicyclic amines) is 1. The molecule has 1 saturated heterocycles. The van der Waals surface area contributed by atoms with Crippen molar-refractivity contribution >= 4 is 6.09 Å². The van der Waals surface area contributed by atoms with Crippen molar-refractivity contribution in [3.05, 3.63) is 0 Å². The first-order chi connectivity index (χ1) is 10.3. The van der Waals surface area contributed by atoms with E-state index in [2.05, 4.69) is 22.6 Å². The molecular formula is C17H33N3O2. The number of carbonyl (C=O) groups excluding carboxylic acids is 1. The van der Waals surface area contributed by atoms with Gasteiger partial charge in [0.1, 0.15) is 5.60 Å². The first-order valence-corrected chi connectivity index (χ1v) is 8.76. The molecule has 1 unspecified atom stereocenters. The Morgan fingerprint density at radius 3 is 2.27 bits per heavy atom. The van der Waals surface area contributed by atoms with Crippen LogP contribution >= 0.6 is 0 Å². The summed E-state index contributed by atoms with van der Waals surface area (Å²) in [6.07, 6.45) is 6.67. The third kappa shape index (κ3) is 6.13. The Bertz CT molecular complexity index is 359. The quantitative estimate of drug-likeness (QED) is 0.841. The third-order valence-electron chi connectivity index (χ3n) is 4.54. The Morgan fingerprint density at radius 2 is 1.68 bits per heavy atom. The van der Waals surface area contributed by atoms with E-state index in [0.717, 1.165) is 32.2 Å².